The maximum absolute atomic E-state index is 11.2. The Morgan fingerprint density at radius 1 is 1.48 bits per heavy atom. The maximum atomic E-state index is 11.2. The van der Waals surface area contributed by atoms with Crippen molar-refractivity contribution in [2.24, 2.45) is 7.05 Å². The van der Waals surface area contributed by atoms with Gasteiger partial charge in [-0.05, 0) is 37.8 Å². The zero-order valence-electron chi connectivity index (χ0n) is 12.2. The van der Waals surface area contributed by atoms with Gasteiger partial charge >= 0.3 is 0 Å². The number of nitrogens with one attached hydrogen (secondary N) is 1. The molecule has 1 heterocycles. The molecule has 0 bridgehead atoms. The van der Waals surface area contributed by atoms with Gasteiger partial charge in [-0.3, -0.25) is 14.8 Å². The number of nitro groups is 1. The Hall–Kier alpha value is -2.37. The lowest BCUT2D eigenvalue weighted by molar-refractivity contribution is -0.384. The van der Waals surface area contributed by atoms with Crippen molar-refractivity contribution >= 4 is 11.4 Å². The molecule has 6 heteroatoms. The summed E-state index contributed by atoms with van der Waals surface area (Å²) < 4.78 is 1.90. The summed E-state index contributed by atoms with van der Waals surface area (Å²) in [7, 11) is 1.94. The Kier molecular flexibility index (Phi) is 3.37. The van der Waals surface area contributed by atoms with Crippen molar-refractivity contribution in [3.63, 3.8) is 0 Å². The minimum absolute atomic E-state index is 0.0861. The SMILES string of the molecule is Cc1ccc([N+](=O)[O-])c(NC2CCCc3c2cnn3C)c1. The van der Waals surface area contributed by atoms with E-state index in [2.05, 4.69) is 10.4 Å². The van der Waals surface area contributed by atoms with Crippen molar-refractivity contribution in [3.8, 4) is 0 Å². The second-order valence-corrected chi connectivity index (χ2v) is 5.54. The fraction of sp³-hybridized carbons (Fsp3) is 0.400. The molecular formula is C15H18N4O2. The zero-order valence-corrected chi connectivity index (χ0v) is 12.2. The molecule has 0 amide bonds. The van der Waals surface area contributed by atoms with Crippen molar-refractivity contribution in [3.05, 3.63) is 51.3 Å². The number of nitrogens with zero attached hydrogens (tertiary/aromatic N) is 3. The van der Waals surface area contributed by atoms with E-state index in [-0.39, 0.29) is 16.7 Å². The second-order valence-electron chi connectivity index (χ2n) is 5.54. The number of anilines is 1. The Bertz CT molecular complexity index is 693. The molecule has 1 aliphatic carbocycles. The van der Waals surface area contributed by atoms with Crippen LogP contribution < -0.4 is 5.32 Å². The standard InChI is InChI=1S/C15H18N4O2/c1-10-6-7-15(19(20)21)13(8-10)17-12-4-3-5-14-11(12)9-16-18(14)2/h6-9,12,17H,3-5H2,1-2H3. The van der Waals surface area contributed by atoms with Gasteiger partial charge in [0.25, 0.3) is 5.69 Å². The minimum atomic E-state index is -0.339. The molecule has 110 valence electrons. The smallest absolute Gasteiger partial charge is 0.292 e. The summed E-state index contributed by atoms with van der Waals surface area (Å²) in [5, 5.41) is 18.8. The molecule has 6 nitrogen and oxygen atoms in total. The monoisotopic (exact) mass is 286 g/mol. The summed E-state index contributed by atoms with van der Waals surface area (Å²) in [5.41, 5.74) is 4.08. The molecule has 0 radical (unpaired) electrons. The van der Waals surface area contributed by atoms with E-state index in [4.69, 9.17) is 0 Å². The third kappa shape index (κ3) is 2.49. The summed E-state index contributed by atoms with van der Waals surface area (Å²) in [6.07, 6.45) is 4.90. The van der Waals surface area contributed by atoms with Crippen LogP contribution in [0.2, 0.25) is 0 Å². The number of hydrogen-bond acceptors (Lipinski definition) is 4. The topological polar surface area (TPSA) is 73.0 Å². The molecule has 0 spiro atoms. The van der Waals surface area contributed by atoms with Gasteiger partial charge in [0.15, 0.2) is 0 Å². The molecular weight excluding hydrogens is 268 g/mol. The average molecular weight is 286 g/mol. The van der Waals surface area contributed by atoms with E-state index >= 15 is 0 Å². The minimum Gasteiger partial charge on any atom is -0.373 e. The maximum Gasteiger partial charge on any atom is 0.292 e. The van der Waals surface area contributed by atoms with Crippen molar-refractivity contribution in [1.82, 2.24) is 9.78 Å². The lowest BCUT2D eigenvalue weighted by Gasteiger charge is -2.24. The van der Waals surface area contributed by atoms with E-state index in [0.717, 1.165) is 30.4 Å². The predicted octanol–water partition coefficient (Wildman–Crippen LogP) is 3.13. The van der Waals surface area contributed by atoms with Crippen LogP contribution in [0.1, 0.15) is 35.7 Å². The van der Waals surface area contributed by atoms with E-state index in [1.165, 1.54) is 5.69 Å². The Morgan fingerprint density at radius 3 is 3.05 bits per heavy atom. The van der Waals surface area contributed by atoms with E-state index in [0.29, 0.717) is 5.69 Å². The van der Waals surface area contributed by atoms with Gasteiger partial charge < -0.3 is 5.32 Å². The summed E-state index contributed by atoms with van der Waals surface area (Å²) in [4.78, 5) is 10.8. The second kappa shape index (κ2) is 5.20. The van der Waals surface area contributed by atoms with Gasteiger partial charge in [-0.15, -0.1) is 0 Å². The van der Waals surface area contributed by atoms with Crippen LogP contribution in [-0.2, 0) is 13.5 Å². The number of nitro benzene ring substituents is 1. The van der Waals surface area contributed by atoms with Crippen molar-refractivity contribution in [2.75, 3.05) is 5.32 Å². The van der Waals surface area contributed by atoms with Crippen LogP contribution in [0, 0.1) is 17.0 Å². The Labute approximate surface area is 122 Å². The number of fused-ring (bicyclic) bond motifs is 1. The highest BCUT2D eigenvalue weighted by molar-refractivity contribution is 5.63. The molecule has 0 saturated carbocycles. The largest absolute Gasteiger partial charge is 0.373 e. The molecule has 1 aromatic heterocycles. The van der Waals surface area contributed by atoms with Gasteiger partial charge in [-0.1, -0.05) is 6.07 Å². The molecule has 1 N–H and O–H groups in total. The number of aromatic nitrogens is 2. The van der Waals surface area contributed by atoms with Crippen LogP contribution in [0.3, 0.4) is 0 Å². The van der Waals surface area contributed by atoms with Crippen LogP contribution in [0.25, 0.3) is 0 Å². The normalized spacial score (nSPS) is 17.3. The molecule has 0 aliphatic heterocycles. The first-order valence-corrected chi connectivity index (χ1v) is 7.08. The fourth-order valence-corrected chi connectivity index (χ4v) is 2.97. The molecule has 1 aromatic carbocycles. The first-order valence-electron chi connectivity index (χ1n) is 7.08. The highest BCUT2D eigenvalue weighted by atomic mass is 16.6. The first-order chi connectivity index (χ1) is 10.1. The third-order valence-corrected chi connectivity index (χ3v) is 4.05. The summed E-state index contributed by atoms with van der Waals surface area (Å²) >= 11 is 0. The van der Waals surface area contributed by atoms with Crippen LogP contribution in [0.5, 0.6) is 0 Å². The lowest BCUT2D eigenvalue weighted by atomic mass is 9.92. The van der Waals surface area contributed by atoms with Crippen LogP contribution in [0.15, 0.2) is 24.4 Å². The summed E-state index contributed by atoms with van der Waals surface area (Å²) in [5.74, 6) is 0. The van der Waals surface area contributed by atoms with Crippen LogP contribution in [0.4, 0.5) is 11.4 Å². The van der Waals surface area contributed by atoms with Gasteiger partial charge in [0.05, 0.1) is 17.2 Å². The molecule has 1 atom stereocenters. The highest BCUT2D eigenvalue weighted by Crippen LogP contribution is 2.35. The van der Waals surface area contributed by atoms with Crippen molar-refractivity contribution < 1.29 is 4.92 Å². The van der Waals surface area contributed by atoms with E-state index in [9.17, 15) is 10.1 Å². The molecule has 0 saturated heterocycles. The molecule has 0 fully saturated rings. The highest BCUT2D eigenvalue weighted by Gasteiger charge is 2.25. The van der Waals surface area contributed by atoms with Crippen LogP contribution >= 0.6 is 0 Å². The van der Waals surface area contributed by atoms with Crippen LogP contribution in [-0.4, -0.2) is 14.7 Å². The zero-order chi connectivity index (χ0) is 15.0. The first kappa shape index (κ1) is 13.6. The average Bonchev–Trinajstić information content (AvgIpc) is 2.82. The number of benzene rings is 1. The van der Waals surface area contributed by atoms with E-state index < -0.39 is 0 Å². The van der Waals surface area contributed by atoms with Gasteiger partial charge in [0.2, 0.25) is 0 Å². The third-order valence-electron chi connectivity index (χ3n) is 4.05. The quantitative estimate of drug-likeness (QED) is 0.695. The molecule has 3 rings (SSSR count). The van der Waals surface area contributed by atoms with Gasteiger partial charge in [-0.25, -0.2) is 0 Å². The number of hydrogen-bond donors (Lipinski definition) is 1. The number of aryl methyl sites for hydroxylation is 2. The Balaban J connectivity index is 1.95. The van der Waals surface area contributed by atoms with E-state index in [1.54, 1.807) is 12.1 Å². The van der Waals surface area contributed by atoms with Crippen molar-refractivity contribution in [2.45, 2.75) is 32.2 Å². The molecule has 1 aliphatic rings. The van der Waals surface area contributed by atoms with Crippen molar-refractivity contribution in [1.29, 1.82) is 0 Å². The Morgan fingerprint density at radius 2 is 2.29 bits per heavy atom. The van der Waals surface area contributed by atoms with Gasteiger partial charge in [-0.2, -0.15) is 5.10 Å². The number of rotatable bonds is 3. The molecule has 2 aromatic rings. The lowest BCUT2D eigenvalue weighted by Crippen LogP contribution is -2.18. The molecule has 21 heavy (non-hydrogen) atoms. The van der Waals surface area contributed by atoms with Gasteiger partial charge in [0.1, 0.15) is 5.69 Å². The van der Waals surface area contributed by atoms with E-state index in [1.807, 2.05) is 30.9 Å². The fourth-order valence-electron chi connectivity index (χ4n) is 2.97. The molecule has 1 unspecified atom stereocenters. The summed E-state index contributed by atoms with van der Waals surface area (Å²) in [6.45, 7) is 1.94. The van der Waals surface area contributed by atoms with Gasteiger partial charge in [0, 0.05) is 24.4 Å². The predicted molar refractivity (Wildman–Crippen MR) is 80.3 cm³/mol. The summed E-state index contributed by atoms with van der Waals surface area (Å²) in [6, 6.07) is 5.25.